The first-order valence-electron chi connectivity index (χ1n) is 8.61. The lowest BCUT2D eigenvalue weighted by molar-refractivity contribution is -0.149. The maximum atomic E-state index is 12.7. The van der Waals surface area contributed by atoms with Gasteiger partial charge >= 0.3 is 11.9 Å². The Kier molecular flexibility index (Phi) is 7.47. The van der Waals surface area contributed by atoms with Crippen LogP contribution in [0.3, 0.4) is 0 Å². The Bertz CT molecular complexity index is 640. The number of carboxylic acid groups (broad SMARTS) is 2. The van der Waals surface area contributed by atoms with Crippen LogP contribution in [0.15, 0.2) is 30.3 Å². The summed E-state index contributed by atoms with van der Waals surface area (Å²) in [6.07, 6.45) is 1.91. The number of thiol groups is 1. The first-order chi connectivity index (χ1) is 12.4. The third-order valence-electron chi connectivity index (χ3n) is 4.57. The number of likely N-dealkylation sites (tertiary alicyclic amines) is 1. The smallest absolute Gasteiger partial charge is 0.326 e. The number of nitrogens with zero attached hydrogens (tertiary/aromatic N) is 1. The van der Waals surface area contributed by atoms with E-state index in [-0.39, 0.29) is 5.75 Å². The normalized spacial score (nSPS) is 19.1. The van der Waals surface area contributed by atoms with Gasteiger partial charge in [-0.05, 0) is 31.2 Å². The Morgan fingerprint density at radius 2 is 1.88 bits per heavy atom. The molecule has 1 amide bonds. The predicted octanol–water partition coefficient (Wildman–Crippen LogP) is 1.04. The van der Waals surface area contributed by atoms with Gasteiger partial charge in [-0.25, -0.2) is 4.79 Å². The van der Waals surface area contributed by atoms with Crippen molar-refractivity contribution in [2.45, 2.75) is 43.8 Å². The van der Waals surface area contributed by atoms with Crippen LogP contribution in [0.5, 0.6) is 0 Å². The molecule has 0 bridgehead atoms. The lowest BCUT2D eigenvalue weighted by Crippen LogP contribution is -2.55. The van der Waals surface area contributed by atoms with E-state index in [0.29, 0.717) is 32.2 Å². The highest BCUT2D eigenvalue weighted by Gasteiger charge is 2.37. The predicted molar refractivity (Wildman–Crippen MR) is 99.3 cm³/mol. The molecule has 0 spiro atoms. The highest BCUT2D eigenvalue weighted by atomic mass is 32.1. The highest BCUT2D eigenvalue weighted by molar-refractivity contribution is 7.80. The average Bonchev–Trinajstić information content (AvgIpc) is 3.12. The van der Waals surface area contributed by atoms with Gasteiger partial charge in [0.25, 0.3) is 0 Å². The maximum Gasteiger partial charge on any atom is 0.326 e. The number of benzene rings is 1. The summed E-state index contributed by atoms with van der Waals surface area (Å²) in [5.74, 6) is -2.39. The number of hydrogen-bond acceptors (Lipinski definition) is 5. The topological polar surface area (TPSA) is 107 Å². The molecule has 0 aromatic heterocycles. The monoisotopic (exact) mass is 380 g/mol. The van der Waals surface area contributed by atoms with Crippen LogP contribution >= 0.6 is 12.6 Å². The molecule has 0 aliphatic carbocycles. The molecule has 26 heavy (non-hydrogen) atoms. The minimum Gasteiger partial charge on any atom is -0.480 e. The van der Waals surface area contributed by atoms with Gasteiger partial charge in [0.2, 0.25) is 5.91 Å². The second-order valence-corrected chi connectivity index (χ2v) is 6.71. The van der Waals surface area contributed by atoms with Crippen LogP contribution in [0, 0.1) is 0 Å². The van der Waals surface area contributed by atoms with Crippen molar-refractivity contribution < 1.29 is 24.6 Å². The van der Waals surface area contributed by atoms with Gasteiger partial charge in [0, 0.05) is 12.3 Å². The third kappa shape index (κ3) is 5.22. The fourth-order valence-electron chi connectivity index (χ4n) is 3.17. The van der Waals surface area contributed by atoms with Crippen molar-refractivity contribution in [2.24, 2.45) is 0 Å². The number of hydrogen-bond donors (Lipinski definition) is 4. The van der Waals surface area contributed by atoms with Crippen LogP contribution in [-0.4, -0.2) is 63.4 Å². The van der Waals surface area contributed by atoms with Crippen LogP contribution in [0.2, 0.25) is 0 Å². The van der Waals surface area contributed by atoms with E-state index in [4.69, 9.17) is 0 Å². The van der Waals surface area contributed by atoms with Crippen molar-refractivity contribution in [3.8, 4) is 0 Å². The second-order valence-electron chi connectivity index (χ2n) is 6.34. The maximum absolute atomic E-state index is 12.7. The van der Waals surface area contributed by atoms with Gasteiger partial charge in [0.15, 0.2) is 0 Å². The zero-order valence-electron chi connectivity index (χ0n) is 14.4. The molecule has 0 saturated carbocycles. The summed E-state index contributed by atoms with van der Waals surface area (Å²) < 4.78 is 0. The fourth-order valence-corrected chi connectivity index (χ4v) is 3.43. The Morgan fingerprint density at radius 1 is 1.19 bits per heavy atom. The number of nitrogens with one attached hydrogen (secondary N) is 1. The summed E-state index contributed by atoms with van der Waals surface area (Å²) in [6.45, 7) is 0.365. The summed E-state index contributed by atoms with van der Waals surface area (Å²) in [4.78, 5) is 36.9. The Hall–Kier alpha value is -2.06. The molecule has 7 nitrogen and oxygen atoms in total. The van der Waals surface area contributed by atoms with Crippen LogP contribution < -0.4 is 5.32 Å². The van der Waals surface area contributed by atoms with E-state index in [1.54, 1.807) is 0 Å². The van der Waals surface area contributed by atoms with Crippen molar-refractivity contribution in [1.29, 1.82) is 0 Å². The minimum absolute atomic E-state index is 0.0940. The first kappa shape index (κ1) is 20.3. The number of carboxylic acids is 2. The molecule has 2 rings (SSSR count). The van der Waals surface area contributed by atoms with E-state index < -0.39 is 36.0 Å². The van der Waals surface area contributed by atoms with E-state index in [9.17, 15) is 24.6 Å². The molecule has 1 heterocycles. The molecular weight excluding hydrogens is 356 g/mol. The number of amides is 1. The molecule has 1 fully saturated rings. The van der Waals surface area contributed by atoms with Crippen LogP contribution in [0.1, 0.15) is 24.8 Å². The molecule has 8 heteroatoms. The molecule has 1 aromatic rings. The quantitative estimate of drug-likeness (QED) is 0.477. The lowest BCUT2D eigenvalue weighted by atomic mass is 10.0. The molecule has 0 radical (unpaired) electrons. The minimum atomic E-state index is -1.04. The molecule has 1 saturated heterocycles. The molecule has 1 aliphatic rings. The largest absolute Gasteiger partial charge is 0.480 e. The summed E-state index contributed by atoms with van der Waals surface area (Å²) in [6, 6.07) is 6.90. The molecule has 3 N–H and O–H groups in total. The van der Waals surface area contributed by atoms with E-state index in [0.717, 1.165) is 5.56 Å². The number of aryl methyl sites for hydroxylation is 1. The van der Waals surface area contributed by atoms with Gasteiger partial charge < -0.3 is 15.1 Å². The number of carbonyl (C=O) groups is 3. The summed E-state index contributed by atoms with van der Waals surface area (Å²) in [5.41, 5.74) is 1.01. The molecule has 1 unspecified atom stereocenters. The van der Waals surface area contributed by atoms with Crippen molar-refractivity contribution in [3.05, 3.63) is 35.9 Å². The molecule has 3 atom stereocenters. The van der Waals surface area contributed by atoms with Gasteiger partial charge in [-0.15, -0.1) is 0 Å². The summed E-state index contributed by atoms with van der Waals surface area (Å²) >= 11 is 4.16. The van der Waals surface area contributed by atoms with E-state index in [1.807, 2.05) is 30.3 Å². The highest BCUT2D eigenvalue weighted by Crippen LogP contribution is 2.19. The van der Waals surface area contributed by atoms with Gasteiger partial charge in [0.05, 0.1) is 6.04 Å². The van der Waals surface area contributed by atoms with Crippen molar-refractivity contribution in [3.63, 3.8) is 0 Å². The second kappa shape index (κ2) is 9.59. The fraction of sp³-hybridized carbons (Fsp3) is 0.500. The molecule has 142 valence electrons. The lowest BCUT2D eigenvalue weighted by Gasteiger charge is -2.28. The van der Waals surface area contributed by atoms with E-state index in [1.165, 1.54) is 4.90 Å². The standard InChI is InChI=1S/C18H24N2O5S/c21-16(20-10-4-7-15(20)18(24)25)14(11-26)19-13(17(22)23)9-8-12-5-2-1-3-6-12/h1-3,5-6,13-15,19,26H,4,7-11H2,(H,22,23)(H,24,25)/t13?,14-,15-/m0/s1. The number of aliphatic carboxylic acids is 2. The van der Waals surface area contributed by atoms with Crippen LogP contribution in [-0.2, 0) is 20.8 Å². The van der Waals surface area contributed by atoms with Gasteiger partial charge in [-0.2, -0.15) is 12.6 Å². The van der Waals surface area contributed by atoms with Gasteiger partial charge in [0.1, 0.15) is 12.1 Å². The van der Waals surface area contributed by atoms with Crippen LogP contribution in [0.4, 0.5) is 0 Å². The SMILES string of the molecule is O=C(O)C(CCc1ccccc1)N[C@@H](CS)C(=O)N1CCC[C@H]1C(=O)O. The Labute approximate surface area is 157 Å². The van der Waals surface area contributed by atoms with Gasteiger partial charge in [-0.1, -0.05) is 30.3 Å². The van der Waals surface area contributed by atoms with E-state index in [2.05, 4.69) is 17.9 Å². The van der Waals surface area contributed by atoms with E-state index >= 15 is 0 Å². The summed E-state index contributed by atoms with van der Waals surface area (Å²) in [7, 11) is 0. The van der Waals surface area contributed by atoms with Crippen molar-refractivity contribution in [2.75, 3.05) is 12.3 Å². The third-order valence-corrected chi connectivity index (χ3v) is 4.93. The van der Waals surface area contributed by atoms with Crippen LogP contribution in [0.25, 0.3) is 0 Å². The first-order valence-corrected chi connectivity index (χ1v) is 9.24. The molecular formula is C18H24N2O5S. The average molecular weight is 380 g/mol. The van der Waals surface area contributed by atoms with Crippen molar-refractivity contribution in [1.82, 2.24) is 10.2 Å². The van der Waals surface area contributed by atoms with Crippen molar-refractivity contribution >= 4 is 30.5 Å². The Balaban J connectivity index is 2.01. The number of carbonyl (C=O) groups excluding carboxylic acids is 1. The number of rotatable bonds is 9. The Morgan fingerprint density at radius 3 is 2.46 bits per heavy atom. The molecule has 1 aromatic carbocycles. The molecule has 1 aliphatic heterocycles. The van der Waals surface area contributed by atoms with Gasteiger partial charge in [-0.3, -0.25) is 14.9 Å². The zero-order chi connectivity index (χ0) is 19.1. The zero-order valence-corrected chi connectivity index (χ0v) is 15.3. The summed E-state index contributed by atoms with van der Waals surface area (Å²) in [5, 5.41) is 21.6.